The van der Waals surface area contributed by atoms with Crippen molar-refractivity contribution in [2.75, 3.05) is 6.54 Å². The monoisotopic (exact) mass is 230 g/mol. The highest BCUT2D eigenvalue weighted by molar-refractivity contribution is 5.09. The summed E-state index contributed by atoms with van der Waals surface area (Å²) in [5.74, 6) is 2.70. The van der Waals surface area contributed by atoms with Crippen LogP contribution in [0.4, 0.5) is 0 Å². The van der Waals surface area contributed by atoms with Crippen LogP contribution in [0.15, 0.2) is 24.5 Å². The summed E-state index contributed by atoms with van der Waals surface area (Å²) in [6.07, 6.45) is 14.4. The predicted octanol–water partition coefficient (Wildman–Crippen LogP) is 2.80. The van der Waals surface area contributed by atoms with Gasteiger partial charge in [0.15, 0.2) is 0 Å². The van der Waals surface area contributed by atoms with E-state index in [4.69, 9.17) is 6.42 Å². The largest absolute Gasteiger partial charge is 0.314 e. The van der Waals surface area contributed by atoms with Crippen LogP contribution in [0.3, 0.4) is 0 Å². The molecule has 0 radical (unpaired) electrons. The quantitative estimate of drug-likeness (QED) is 0.548. The highest BCUT2D eigenvalue weighted by atomic mass is 14.9. The summed E-state index contributed by atoms with van der Waals surface area (Å²) < 4.78 is 0. The molecule has 0 bridgehead atoms. The number of hydrogen-bond donors (Lipinski definition) is 1. The van der Waals surface area contributed by atoms with E-state index in [-0.39, 0.29) is 0 Å². The first-order chi connectivity index (χ1) is 8.36. The Bertz CT molecular complexity index is 327. The average Bonchev–Trinajstić information content (AvgIpc) is 2.37. The van der Waals surface area contributed by atoms with E-state index in [1.165, 1.54) is 18.4 Å². The van der Waals surface area contributed by atoms with Gasteiger partial charge in [0.2, 0.25) is 0 Å². The molecule has 17 heavy (non-hydrogen) atoms. The molecule has 1 rings (SSSR count). The predicted molar refractivity (Wildman–Crippen MR) is 72.7 cm³/mol. The van der Waals surface area contributed by atoms with Gasteiger partial charge in [0.05, 0.1) is 0 Å². The van der Waals surface area contributed by atoms with Crippen LogP contribution >= 0.6 is 0 Å². The Morgan fingerprint density at radius 3 is 2.76 bits per heavy atom. The van der Waals surface area contributed by atoms with Crippen molar-refractivity contribution < 1.29 is 0 Å². The first-order valence-electron chi connectivity index (χ1n) is 6.42. The van der Waals surface area contributed by atoms with Crippen LogP contribution in [0.2, 0.25) is 0 Å². The van der Waals surface area contributed by atoms with Gasteiger partial charge in [-0.1, -0.05) is 6.92 Å². The third-order valence-electron chi connectivity index (χ3n) is 2.90. The second-order valence-corrected chi connectivity index (χ2v) is 4.25. The first kappa shape index (κ1) is 13.7. The molecule has 2 nitrogen and oxygen atoms in total. The Balaban J connectivity index is 2.31. The van der Waals surface area contributed by atoms with Crippen molar-refractivity contribution in [3.05, 3.63) is 30.1 Å². The summed E-state index contributed by atoms with van der Waals surface area (Å²) >= 11 is 0. The summed E-state index contributed by atoms with van der Waals surface area (Å²) in [6, 6.07) is 4.76. The molecular weight excluding hydrogens is 208 g/mol. The zero-order chi connectivity index (χ0) is 12.3. The smallest absolute Gasteiger partial charge is 0.0270 e. The minimum absolute atomic E-state index is 0.585. The molecule has 2 heteroatoms. The summed E-state index contributed by atoms with van der Waals surface area (Å²) in [5.41, 5.74) is 1.36. The van der Waals surface area contributed by atoms with E-state index >= 15 is 0 Å². The SMILES string of the molecule is C#CCCCC(CCc1ccncc1)NCC. The number of terminal acetylenes is 1. The maximum atomic E-state index is 5.28. The van der Waals surface area contributed by atoms with E-state index in [0.29, 0.717) is 6.04 Å². The van der Waals surface area contributed by atoms with Crippen molar-refractivity contribution in [1.29, 1.82) is 0 Å². The zero-order valence-electron chi connectivity index (χ0n) is 10.7. The fourth-order valence-corrected chi connectivity index (χ4v) is 1.98. The Morgan fingerprint density at radius 1 is 1.35 bits per heavy atom. The molecular formula is C15H22N2. The standard InChI is InChI=1S/C15H22N2/c1-3-5-6-7-15(17-4-2)9-8-14-10-12-16-13-11-14/h1,10-13,15,17H,4-9H2,2H3. The van der Waals surface area contributed by atoms with Crippen molar-refractivity contribution in [3.8, 4) is 12.3 Å². The summed E-state index contributed by atoms with van der Waals surface area (Å²) in [7, 11) is 0. The lowest BCUT2D eigenvalue weighted by Crippen LogP contribution is -2.29. The normalized spacial score (nSPS) is 12.0. The molecule has 0 aliphatic rings. The summed E-state index contributed by atoms with van der Waals surface area (Å²) in [5, 5.41) is 3.53. The van der Waals surface area contributed by atoms with Gasteiger partial charge >= 0.3 is 0 Å². The number of hydrogen-bond acceptors (Lipinski definition) is 2. The molecule has 1 aromatic heterocycles. The van der Waals surface area contributed by atoms with Crippen LogP contribution in [0.1, 0.15) is 38.2 Å². The van der Waals surface area contributed by atoms with Gasteiger partial charge in [0.1, 0.15) is 0 Å². The maximum Gasteiger partial charge on any atom is 0.0270 e. The Hall–Kier alpha value is -1.33. The molecule has 0 aliphatic heterocycles. The Kier molecular flexibility index (Phi) is 7.09. The molecule has 0 aliphatic carbocycles. The number of nitrogens with one attached hydrogen (secondary N) is 1. The number of aryl methyl sites for hydroxylation is 1. The van der Waals surface area contributed by atoms with E-state index in [0.717, 1.165) is 25.8 Å². The number of unbranched alkanes of at least 4 members (excludes halogenated alkanes) is 1. The first-order valence-corrected chi connectivity index (χ1v) is 6.42. The third-order valence-corrected chi connectivity index (χ3v) is 2.90. The summed E-state index contributed by atoms with van der Waals surface area (Å²) in [6.45, 7) is 3.18. The Morgan fingerprint density at radius 2 is 2.12 bits per heavy atom. The zero-order valence-corrected chi connectivity index (χ0v) is 10.7. The van der Waals surface area contributed by atoms with Crippen molar-refractivity contribution in [3.63, 3.8) is 0 Å². The third kappa shape index (κ3) is 6.09. The molecule has 1 aromatic rings. The number of nitrogens with zero attached hydrogens (tertiary/aromatic N) is 1. The van der Waals surface area contributed by atoms with Crippen molar-refractivity contribution >= 4 is 0 Å². The lowest BCUT2D eigenvalue weighted by Gasteiger charge is -2.17. The van der Waals surface area contributed by atoms with Crippen LogP contribution in [0.5, 0.6) is 0 Å². The van der Waals surface area contributed by atoms with Crippen molar-refractivity contribution in [2.45, 2.75) is 45.1 Å². The van der Waals surface area contributed by atoms with E-state index in [9.17, 15) is 0 Å². The van der Waals surface area contributed by atoms with Gasteiger partial charge in [-0.15, -0.1) is 12.3 Å². The highest BCUT2D eigenvalue weighted by Crippen LogP contribution is 2.09. The van der Waals surface area contributed by atoms with Gasteiger partial charge in [-0.3, -0.25) is 4.98 Å². The molecule has 1 N–H and O–H groups in total. The number of aromatic nitrogens is 1. The highest BCUT2D eigenvalue weighted by Gasteiger charge is 2.06. The van der Waals surface area contributed by atoms with Crippen LogP contribution in [-0.2, 0) is 6.42 Å². The molecule has 1 unspecified atom stereocenters. The second-order valence-electron chi connectivity index (χ2n) is 4.25. The minimum Gasteiger partial charge on any atom is -0.314 e. The van der Waals surface area contributed by atoms with Gasteiger partial charge in [0, 0.05) is 24.9 Å². The molecule has 0 spiro atoms. The molecule has 0 amide bonds. The van der Waals surface area contributed by atoms with Crippen LogP contribution in [0.25, 0.3) is 0 Å². The van der Waals surface area contributed by atoms with Gasteiger partial charge in [-0.05, 0) is 49.9 Å². The van der Waals surface area contributed by atoms with E-state index in [2.05, 4.69) is 35.3 Å². The van der Waals surface area contributed by atoms with Gasteiger partial charge < -0.3 is 5.32 Å². The van der Waals surface area contributed by atoms with E-state index in [1.807, 2.05) is 12.4 Å². The lowest BCUT2D eigenvalue weighted by molar-refractivity contribution is 0.454. The number of pyridine rings is 1. The van der Waals surface area contributed by atoms with Gasteiger partial charge in [-0.25, -0.2) is 0 Å². The molecule has 0 aromatic carbocycles. The number of rotatable bonds is 8. The topological polar surface area (TPSA) is 24.9 Å². The fourth-order valence-electron chi connectivity index (χ4n) is 1.98. The fraction of sp³-hybridized carbons (Fsp3) is 0.533. The van der Waals surface area contributed by atoms with Crippen LogP contribution in [-0.4, -0.2) is 17.6 Å². The average molecular weight is 230 g/mol. The molecule has 1 heterocycles. The van der Waals surface area contributed by atoms with Crippen molar-refractivity contribution in [2.24, 2.45) is 0 Å². The molecule has 92 valence electrons. The van der Waals surface area contributed by atoms with Crippen molar-refractivity contribution in [1.82, 2.24) is 10.3 Å². The minimum atomic E-state index is 0.585. The van der Waals surface area contributed by atoms with Crippen LogP contribution in [0, 0.1) is 12.3 Å². The van der Waals surface area contributed by atoms with Crippen LogP contribution < -0.4 is 5.32 Å². The molecule has 0 saturated carbocycles. The Labute approximate surface area is 105 Å². The summed E-state index contributed by atoms with van der Waals surface area (Å²) in [4.78, 5) is 4.03. The van der Waals surface area contributed by atoms with Gasteiger partial charge in [-0.2, -0.15) is 0 Å². The van der Waals surface area contributed by atoms with Gasteiger partial charge in [0.25, 0.3) is 0 Å². The molecule has 0 fully saturated rings. The van der Waals surface area contributed by atoms with E-state index in [1.54, 1.807) is 0 Å². The lowest BCUT2D eigenvalue weighted by atomic mass is 10.0. The molecule has 1 atom stereocenters. The van der Waals surface area contributed by atoms with E-state index < -0.39 is 0 Å². The second kappa shape index (κ2) is 8.78. The maximum absolute atomic E-state index is 5.28. The molecule has 0 saturated heterocycles.